The first kappa shape index (κ1) is 12.0. The second-order valence-corrected chi connectivity index (χ2v) is 3.95. The molecule has 0 aliphatic carbocycles. The van der Waals surface area contributed by atoms with Crippen LogP contribution < -0.4 is 16.8 Å². The number of nitrogens with two attached hydrogens (primary N) is 2. The molecule has 0 spiro atoms. The molecule has 1 amide bonds. The van der Waals surface area contributed by atoms with Crippen molar-refractivity contribution in [3.8, 4) is 0 Å². The molecule has 0 aliphatic rings. The lowest BCUT2D eigenvalue weighted by molar-refractivity contribution is 0.100. The number of nitrogens with zero attached hydrogens (tertiary/aromatic N) is 1. The number of hydrogen-bond acceptors (Lipinski definition) is 5. The van der Waals surface area contributed by atoms with Crippen molar-refractivity contribution >= 4 is 17.3 Å². The number of carbonyl (C=O) groups excluding carboxylic acids is 1. The summed E-state index contributed by atoms with van der Waals surface area (Å²) in [6, 6.07) is 6.71. The topological polar surface area (TPSA) is 107 Å². The minimum Gasteiger partial charge on any atom is -0.397 e. The van der Waals surface area contributed by atoms with Gasteiger partial charge in [0.1, 0.15) is 11.5 Å². The number of hydrogen-bond donors (Lipinski definition) is 3. The maximum absolute atomic E-state index is 11.0. The predicted octanol–water partition coefficient (Wildman–Crippen LogP) is 1.28. The van der Waals surface area contributed by atoms with Crippen LogP contribution in [0.1, 0.15) is 21.8 Å². The molecule has 6 nitrogen and oxygen atoms in total. The molecule has 0 bridgehead atoms. The van der Waals surface area contributed by atoms with E-state index < -0.39 is 5.91 Å². The van der Waals surface area contributed by atoms with E-state index in [0.29, 0.717) is 17.8 Å². The monoisotopic (exact) mass is 246 g/mol. The van der Waals surface area contributed by atoms with Crippen molar-refractivity contribution in [2.24, 2.45) is 5.73 Å². The van der Waals surface area contributed by atoms with Crippen molar-refractivity contribution in [2.45, 2.75) is 13.5 Å². The number of aromatic nitrogens is 1. The van der Waals surface area contributed by atoms with Crippen molar-refractivity contribution in [3.05, 3.63) is 41.3 Å². The first-order valence-corrected chi connectivity index (χ1v) is 5.41. The number of rotatable bonds is 4. The van der Waals surface area contributed by atoms with Gasteiger partial charge >= 0.3 is 0 Å². The molecule has 5 N–H and O–H groups in total. The van der Waals surface area contributed by atoms with E-state index in [4.69, 9.17) is 16.0 Å². The summed E-state index contributed by atoms with van der Waals surface area (Å²) in [6.45, 7) is 2.32. The summed E-state index contributed by atoms with van der Waals surface area (Å²) < 4.78 is 4.95. The largest absolute Gasteiger partial charge is 0.397 e. The number of carbonyl (C=O) groups is 1. The van der Waals surface area contributed by atoms with Gasteiger partial charge in [-0.05, 0) is 25.1 Å². The lowest BCUT2D eigenvalue weighted by Crippen LogP contribution is -2.12. The SMILES string of the molecule is Cc1cc(CNc2ccc(C(N)=O)cc2N)no1. The number of benzene rings is 1. The zero-order valence-corrected chi connectivity index (χ0v) is 9.93. The van der Waals surface area contributed by atoms with E-state index in [-0.39, 0.29) is 0 Å². The summed E-state index contributed by atoms with van der Waals surface area (Å²) in [5.41, 5.74) is 13.3. The Balaban J connectivity index is 2.08. The standard InChI is InChI=1S/C12H14N4O2/c1-7-4-9(16-18-7)6-15-11-3-2-8(12(14)17)5-10(11)13/h2-5,15H,6,13H2,1H3,(H2,14,17). The summed E-state index contributed by atoms with van der Waals surface area (Å²) in [6.07, 6.45) is 0. The summed E-state index contributed by atoms with van der Waals surface area (Å²) in [5.74, 6) is 0.254. The zero-order chi connectivity index (χ0) is 13.1. The fourth-order valence-corrected chi connectivity index (χ4v) is 1.56. The number of nitrogens with one attached hydrogen (secondary N) is 1. The molecule has 0 aliphatic heterocycles. The van der Waals surface area contributed by atoms with Crippen LogP contribution in [0.25, 0.3) is 0 Å². The highest BCUT2D eigenvalue weighted by molar-refractivity contribution is 5.94. The van der Waals surface area contributed by atoms with Gasteiger partial charge in [-0.1, -0.05) is 5.16 Å². The Morgan fingerprint density at radius 1 is 1.44 bits per heavy atom. The van der Waals surface area contributed by atoms with E-state index in [0.717, 1.165) is 17.1 Å². The van der Waals surface area contributed by atoms with Gasteiger partial charge in [0, 0.05) is 11.6 Å². The van der Waals surface area contributed by atoms with Crippen LogP contribution in [0.15, 0.2) is 28.8 Å². The van der Waals surface area contributed by atoms with Crippen LogP contribution in [0.4, 0.5) is 11.4 Å². The van der Waals surface area contributed by atoms with Gasteiger partial charge in [-0.2, -0.15) is 0 Å². The van der Waals surface area contributed by atoms with Crippen molar-refractivity contribution in [1.29, 1.82) is 0 Å². The van der Waals surface area contributed by atoms with Crippen molar-refractivity contribution < 1.29 is 9.32 Å². The third-order valence-electron chi connectivity index (χ3n) is 2.47. The van der Waals surface area contributed by atoms with E-state index >= 15 is 0 Å². The summed E-state index contributed by atoms with van der Waals surface area (Å²) in [5, 5.41) is 6.96. The highest BCUT2D eigenvalue weighted by Gasteiger charge is 2.05. The van der Waals surface area contributed by atoms with Crippen molar-refractivity contribution in [1.82, 2.24) is 5.16 Å². The molecule has 0 atom stereocenters. The molecule has 0 radical (unpaired) electrons. The number of primary amides is 1. The van der Waals surface area contributed by atoms with Gasteiger partial charge in [-0.3, -0.25) is 4.79 Å². The highest BCUT2D eigenvalue weighted by atomic mass is 16.5. The molecule has 1 heterocycles. The normalized spacial score (nSPS) is 10.3. The molecule has 0 unspecified atom stereocenters. The van der Waals surface area contributed by atoms with Crippen LogP contribution in [-0.2, 0) is 6.54 Å². The lowest BCUT2D eigenvalue weighted by atomic mass is 10.1. The fraction of sp³-hybridized carbons (Fsp3) is 0.167. The van der Waals surface area contributed by atoms with Crippen LogP contribution in [-0.4, -0.2) is 11.1 Å². The first-order chi connectivity index (χ1) is 8.56. The average molecular weight is 246 g/mol. The van der Waals surface area contributed by atoms with E-state index in [9.17, 15) is 4.79 Å². The van der Waals surface area contributed by atoms with Gasteiger partial charge in [0.2, 0.25) is 5.91 Å². The third kappa shape index (κ3) is 2.60. The first-order valence-electron chi connectivity index (χ1n) is 5.41. The molecule has 2 aromatic rings. The zero-order valence-electron chi connectivity index (χ0n) is 9.93. The summed E-state index contributed by atoms with van der Waals surface area (Å²) >= 11 is 0. The van der Waals surface area contributed by atoms with Gasteiger partial charge in [-0.15, -0.1) is 0 Å². The Hall–Kier alpha value is -2.50. The molecule has 0 fully saturated rings. The Labute approximate surface area is 104 Å². The minimum atomic E-state index is -0.500. The number of amides is 1. The van der Waals surface area contributed by atoms with Crippen molar-refractivity contribution in [2.75, 3.05) is 11.1 Å². The maximum Gasteiger partial charge on any atom is 0.248 e. The Morgan fingerprint density at radius 2 is 2.22 bits per heavy atom. The van der Waals surface area contributed by atoms with E-state index in [1.807, 2.05) is 13.0 Å². The van der Waals surface area contributed by atoms with Crippen LogP contribution in [0.5, 0.6) is 0 Å². The summed E-state index contributed by atoms with van der Waals surface area (Å²) in [7, 11) is 0. The molecule has 0 saturated heterocycles. The predicted molar refractivity (Wildman–Crippen MR) is 67.9 cm³/mol. The molecule has 1 aromatic carbocycles. The molecule has 6 heteroatoms. The maximum atomic E-state index is 11.0. The van der Waals surface area contributed by atoms with E-state index in [2.05, 4.69) is 10.5 Å². The lowest BCUT2D eigenvalue weighted by Gasteiger charge is -2.08. The Morgan fingerprint density at radius 3 is 2.78 bits per heavy atom. The van der Waals surface area contributed by atoms with E-state index in [1.54, 1.807) is 18.2 Å². The van der Waals surface area contributed by atoms with Gasteiger partial charge in [0.05, 0.1) is 17.9 Å². The van der Waals surface area contributed by atoms with Gasteiger partial charge in [-0.25, -0.2) is 0 Å². The molecular formula is C12H14N4O2. The quantitative estimate of drug-likeness (QED) is 0.704. The second-order valence-electron chi connectivity index (χ2n) is 3.95. The fourth-order valence-electron chi connectivity index (χ4n) is 1.56. The molecular weight excluding hydrogens is 232 g/mol. The highest BCUT2D eigenvalue weighted by Crippen LogP contribution is 2.20. The van der Waals surface area contributed by atoms with Crippen LogP contribution >= 0.6 is 0 Å². The molecule has 94 valence electrons. The van der Waals surface area contributed by atoms with Crippen LogP contribution in [0.2, 0.25) is 0 Å². The van der Waals surface area contributed by atoms with Gasteiger partial charge in [0.25, 0.3) is 0 Å². The molecule has 2 rings (SSSR count). The molecule has 18 heavy (non-hydrogen) atoms. The third-order valence-corrected chi connectivity index (χ3v) is 2.47. The Kier molecular flexibility index (Phi) is 3.18. The smallest absolute Gasteiger partial charge is 0.248 e. The number of aryl methyl sites for hydroxylation is 1. The molecule has 0 saturated carbocycles. The second kappa shape index (κ2) is 4.79. The van der Waals surface area contributed by atoms with E-state index in [1.165, 1.54) is 0 Å². The van der Waals surface area contributed by atoms with Gasteiger partial charge < -0.3 is 21.3 Å². The van der Waals surface area contributed by atoms with Crippen LogP contribution in [0, 0.1) is 6.92 Å². The number of anilines is 2. The average Bonchev–Trinajstić information content (AvgIpc) is 2.73. The summed E-state index contributed by atoms with van der Waals surface area (Å²) in [4.78, 5) is 11.0. The minimum absolute atomic E-state index is 0.385. The number of nitrogen functional groups attached to an aromatic ring is 1. The Bertz CT molecular complexity index is 577. The molecule has 1 aromatic heterocycles. The van der Waals surface area contributed by atoms with Crippen molar-refractivity contribution in [3.63, 3.8) is 0 Å². The van der Waals surface area contributed by atoms with Crippen LogP contribution in [0.3, 0.4) is 0 Å². The van der Waals surface area contributed by atoms with Gasteiger partial charge in [0.15, 0.2) is 0 Å².